The topological polar surface area (TPSA) is 64.9 Å². The third-order valence-electron chi connectivity index (χ3n) is 4.06. The minimum absolute atomic E-state index is 0.197. The van der Waals surface area contributed by atoms with Crippen LogP contribution in [0.1, 0.15) is 29.0 Å². The molecule has 0 saturated carbocycles. The summed E-state index contributed by atoms with van der Waals surface area (Å²) in [5, 5.41) is 3.54. The normalized spacial score (nSPS) is 14.3. The predicted molar refractivity (Wildman–Crippen MR) is 93.5 cm³/mol. The molecule has 1 amide bonds. The zero-order valence-corrected chi connectivity index (χ0v) is 14.3. The van der Waals surface area contributed by atoms with E-state index in [2.05, 4.69) is 10.3 Å². The van der Waals surface area contributed by atoms with Gasteiger partial charge in [-0.3, -0.25) is 4.79 Å². The first kappa shape index (κ1) is 15.8. The zero-order valence-electron chi connectivity index (χ0n) is 13.5. The van der Waals surface area contributed by atoms with Crippen LogP contribution in [0.5, 0.6) is 11.5 Å². The highest BCUT2D eigenvalue weighted by Crippen LogP contribution is 2.32. The van der Waals surface area contributed by atoms with Crippen LogP contribution in [-0.2, 0) is 0 Å². The van der Waals surface area contributed by atoms with E-state index >= 15 is 0 Å². The molecule has 1 aliphatic heterocycles. The molecule has 7 heteroatoms. The van der Waals surface area contributed by atoms with E-state index in [4.69, 9.17) is 21.1 Å². The first-order valence-electron chi connectivity index (χ1n) is 7.95. The number of rotatable bonds is 3. The molecule has 0 bridgehead atoms. The van der Waals surface area contributed by atoms with E-state index in [0.29, 0.717) is 35.3 Å². The van der Waals surface area contributed by atoms with Crippen molar-refractivity contribution in [3.63, 3.8) is 0 Å². The lowest BCUT2D eigenvalue weighted by molar-refractivity contribution is 0.0935. The molecule has 1 unspecified atom stereocenters. The number of hydrogen-bond acceptors (Lipinski definition) is 4. The van der Waals surface area contributed by atoms with Gasteiger partial charge in [0.2, 0.25) is 0 Å². The molecule has 4 rings (SSSR count). The van der Waals surface area contributed by atoms with Gasteiger partial charge in [0, 0.05) is 12.4 Å². The Bertz CT molecular complexity index is 954. The molecule has 1 aromatic carbocycles. The summed E-state index contributed by atoms with van der Waals surface area (Å²) in [4.78, 5) is 16.8. The summed E-state index contributed by atoms with van der Waals surface area (Å²) < 4.78 is 12.8. The first-order valence-corrected chi connectivity index (χ1v) is 8.32. The van der Waals surface area contributed by atoms with Crippen molar-refractivity contribution in [2.75, 3.05) is 13.2 Å². The molecule has 0 saturated heterocycles. The maximum Gasteiger partial charge on any atom is 0.271 e. The second-order valence-corrected chi connectivity index (χ2v) is 6.27. The molecule has 0 aliphatic carbocycles. The molecule has 0 fully saturated rings. The first-order chi connectivity index (χ1) is 12.1. The summed E-state index contributed by atoms with van der Waals surface area (Å²) in [6, 6.07) is 8.98. The fourth-order valence-electron chi connectivity index (χ4n) is 2.76. The van der Waals surface area contributed by atoms with Gasteiger partial charge in [0.25, 0.3) is 5.91 Å². The Balaban J connectivity index is 1.53. The number of carbonyl (C=O) groups is 1. The van der Waals surface area contributed by atoms with E-state index < -0.39 is 0 Å². The third-order valence-corrected chi connectivity index (χ3v) is 4.29. The number of hydrogen-bond donors (Lipinski definition) is 1. The SMILES string of the molecule is CC(NC(=O)c1cn2cc(Cl)ccc2n1)c1ccc2c(c1)OCCO2. The van der Waals surface area contributed by atoms with Crippen molar-refractivity contribution in [2.45, 2.75) is 13.0 Å². The minimum Gasteiger partial charge on any atom is -0.486 e. The van der Waals surface area contributed by atoms with Gasteiger partial charge in [-0.15, -0.1) is 0 Å². The molecule has 3 aromatic rings. The number of fused-ring (bicyclic) bond motifs is 2. The van der Waals surface area contributed by atoms with Crippen LogP contribution in [0, 0.1) is 0 Å². The van der Waals surface area contributed by atoms with Crippen molar-refractivity contribution < 1.29 is 14.3 Å². The Morgan fingerprint density at radius 2 is 2.00 bits per heavy atom. The molecule has 25 heavy (non-hydrogen) atoms. The highest BCUT2D eigenvalue weighted by atomic mass is 35.5. The summed E-state index contributed by atoms with van der Waals surface area (Å²) in [7, 11) is 0. The Morgan fingerprint density at radius 3 is 2.84 bits per heavy atom. The van der Waals surface area contributed by atoms with Crippen molar-refractivity contribution in [1.82, 2.24) is 14.7 Å². The van der Waals surface area contributed by atoms with E-state index in [-0.39, 0.29) is 11.9 Å². The van der Waals surface area contributed by atoms with Crippen LogP contribution in [0.3, 0.4) is 0 Å². The maximum atomic E-state index is 12.5. The van der Waals surface area contributed by atoms with Crippen LogP contribution < -0.4 is 14.8 Å². The Labute approximate surface area is 149 Å². The monoisotopic (exact) mass is 357 g/mol. The quantitative estimate of drug-likeness (QED) is 0.781. The molecule has 0 spiro atoms. The van der Waals surface area contributed by atoms with E-state index in [9.17, 15) is 4.79 Å². The van der Waals surface area contributed by atoms with Gasteiger partial charge in [-0.1, -0.05) is 17.7 Å². The van der Waals surface area contributed by atoms with Crippen LogP contribution in [-0.4, -0.2) is 28.5 Å². The fourth-order valence-corrected chi connectivity index (χ4v) is 2.93. The smallest absolute Gasteiger partial charge is 0.271 e. The van der Waals surface area contributed by atoms with Crippen LogP contribution in [0.15, 0.2) is 42.7 Å². The van der Waals surface area contributed by atoms with Gasteiger partial charge in [-0.2, -0.15) is 0 Å². The summed E-state index contributed by atoms with van der Waals surface area (Å²) in [5.74, 6) is 1.18. The number of nitrogens with zero attached hydrogens (tertiary/aromatic N) is 2. The lowest BCUT2D eigenvalue weighted by atomic mass is 10.1. The van der Waals surface area contributed by atoms with Crippen molar-refractivity contribution in [3.05, 3.63) is 59.0 Å². The number of pyridine rings is 1. The predicted octanol–water partition coefficient (Wildman–Crippen LogP) is 3.25. The maximum absolute atomic E-state index is 12.5. The molecular weight excluding hydrogens is 342 g/mol. The second kappa shape index (κ2) is 6.29. The van der Waals surface area contributed by atoms with Crippen LogP contribution >= 0.6 is 11.6 Å². The lowest BCUT2D eigenvalue weighted by Crippen LogP contribution is -2.27. The lowest BCUT2D eigenvalue weighted by Gasteiger charge is -2.21. The van der Waals surface area contributed by atoms with Gasteiger partial charge in [0.15, 0.2) is 11.5 Å². The van der Waals surface area contributed by atoms with Crippen molar-refractivity contribution in [1.29, 1.82) is 0 Å². The number of carbonyl (C=O) groups excluding carboxylic acids is 1. The summed E-state index contributed by atoms with van der Waals surface area (Å²) in [6.07, 6.45) is 3.37. The molecule has 1 atom stereocenters. The third kappa shape index (κ3) is 3.13. The fraction of sp³-hybridized carbons (Fsp3) is 0.222. The average Bonchev–Trinajstić information content (AvgIpc) is 3.04. The molecule has 2 aromatic heterocycles. The number of aromatic nitrogens is 2. The van der Waals surface area contributed by atoms with Gasteiger partial charge in [0.05, 0.1) is 11.1 Å². The van der Waals surface area contributed by atoms with Crippen molar-refractivity contribution >= 4 is 23.2 Å². The van der Waals surface area contributed by atoms with Gasteiger partial charge in [-0.25, -0.2) is 4.98 Å². The second-order valence-electron chi connectivity index (χ2n) is 5.84. The van der Waals surface area contributed by atoms with Gasteiger partial charge in [-0.05, 0) is 36.8 Å². The summed E-state index contributed by atoms with van der Waals surface area (Å²) in [6.45, 7) is 2.99. The Hall–Kier alpha value is -2.73. The van der Waals surface area contributed by atoms with Crippen molar-refractivity contribution in [2.24, 2.45) is 0 Å². The van der Waals surface area contributed by atoms with E-state index in [0.717, 1.165) is 11.3 Å². The number of imidazole rings is 1. The summed E-state index contributed by atoms with van der Waals surface area (Å²) in [5.41, 5.74) is 1.94. The van der Waals surface area contributed by atoms with Crippen LogP contribution in [0.25, 0.3) is 5.65 Å². The average molecular weight is 358 g/mol. The van der Waals surface area contributed by atoms with Crippen molar-refractivity contribution in [3.8, 4) is 11.5 Å². The molecule has 0 radical (unpaired) electrons. The Kier molecular flexibility index (Phi) is 3.97. The molecule has 3 heterocycles. The number of ether oxygens (including phenoxy) is 2. The molecule has 128 valence electrons. The van der Waals surface area contributed by atoms with Crippen LogP contribution in [0.2, 0.25) is 5.02 Å². The molecular formula is C18H16ClN3O3. The number of halogens is 1. The Morgan fingerprint density at radius 1 is 1.20 bits per heavy atom. The zero-order chi connectivity index (χ0) is 17.4. The van der Waals surface area contributed by atoms with Gasteiger partial charge in [0.1, 0.15) is 24.6 Å². The molecule has 1 aliphatic rings. The largest absolute Gasteiger partial charge is 0.486 e. The van der Waals surface area contributed by atoms with E-state index in [1.54, 1.807) is 28.9 Å². The number of amides is 1. The van der Waals surface area contributed by atoms with Crippen LogP contribution in [0.4, 0.5) is 0 Å². The van der Waals surface area contributed by atoms with E-state index in [1.807, 2.05) is 25.1 Å². The minimum atomic E-state index is -0.248. The van der Waals surface area contributed by atoms with E-state index in [1.165, 1.54) is 0 Å². The molecule has 1 N–H and O–H groups in total. The summed E-state index contributed by atoms with van der Waals surface area (Å²) >= 11 is 5.96. The number of nitrogens with one attached hydrogen (secondary N) is 1. The molecule has 6 nitrogen and oxygen atoms in total. The highest BCUT2D eigenvalue weighted by Gasteiger charge is 2.18. The highest BCUT2D eigenvalue weighted by molar-refractivity contribution is 6.30. The van der Waals surface area contributed by atoms with Gasteiger partial charge >= 0.3 is 0 Å². The number of benzene rings is 1. The van der Waals surface area contributed by atoms with Gasteiger partial charge < -0.3 is 19.2 Å². The standard InChI is InChI=1S/C18H16ClN3O3/c1-11(12-2-4-15-16(8-12)25-7-6-24-15)20-18(23)14-10-22-9-13(19)3-5-17(22)21-14/h2-5,8-11H,6-7H2,1H3,(H,20,23).